The van der Waals surface area contributed by atoms with Crippen LogP contribution in [0.1, 0.15) is 119 Å². The number of aliphatic hydroxyl groups excluding tert-OH is 1. The molecule has 1 aliphatic carbocycles. The molecule has 0 saturated heterocycles. The van der Waals surface area contributed by atoms with E-state index in [9.17, 15) is 10.2 Å². The summed E-state index contributed by atoms with van der Waals surface area (Å²) >= 11 is 0. The fraction of sp³-hybridized carbons (Fsp3) is 0.857. The maximum absolute atomic E-state index is 9.98. The van der Waals surface area contributed by atoms with E-state index in [0.29, 0.717) is 5.92 Å². The van der Waals surface area contributed by atoms with Crippen LogP contribution in [0.2, 0.25) is 0 Å². The lowest BCUT2D eigenvalue weighted by atomic mass is 9.78. The van der Waals surface area contributed by atoms with Crippen LogP contribution in [0.5, 0.6) is 0 Å². The zero-order valence-electron chi connectivity index (χ0n) is 21.1. The van der Waals surface area contributed by atoms with Crippen molar-refractivity contribution in [3.63, 3.8) is 0 Å². The van der Waals surface area contributed by atoms with Crippen LogP contribution in [0.15, 0.2) is 23.3 Å². The summed E-state index contributed by atoms with van der Waals surface area (Å²) in [6.07, 6.45) is 19.2. The molecule has 176 valence electrons. The van der Waals surface area contributed by atoms with E-state index in [2.05, 4.69) is 39.8 Å². The van der Waals surface area contributed by atoms with Gasteiger partial charge in [0.15, 0.2) is 0 Å². The van der Waals surface area contributed by atoms with E-state index in [1.54, 1.807) is 5.57 Å². The van der Waals surface area contributed by atoms with Gasteiger partial charge in [-0.3, -0.25) is 0 Å². The Morgan fingerprint density at radius 1 is 1.20 bits per heavy atom. The Bertz CT molecular complexity index is 511. The number of hydrogen-bond donors (Lipinski definition) is 2. The third-order valence-corrected chi connectivity index (χ3v) is 7.39. The first-order chi connectivity index (χ1) is 14.2. The summed E-state index contributed by atoms with van der Waals surface area (Å²) in [4.78, 5) is 0. The monoisotopic (exact) mass is 420 g/mol. The van der Waals surface area contributed by atoms with E-state index in [1.165, 1.54) is 63.4 Å². The summed E-state index contributed by atoms with van der Waals surface area (Å²) in [5, 5.41) is 19.2. The van der Waals surface area contributed by atoms with Crippen LogP contribution < -0.4 is 0 Å². The van der Waals surface area contributed by atoms with E-state index in [4.69, 9.17) is 0 Å². The van der Waals surface area contributed by atoms with Crippen molar-refractivity contribution in [3.8, 4) is 0 Å². The van der Waals surface area contributed by atoms with Crippen molar-refractivity contribution in [3.05, 3.63) is 23.3 Å². The van der Waals surface area contributed by atoms with Crippen molar-refractivity contribution in [1.82, 2.24) is 0 Å². The van der Waals surface area contributed by atoms with E-state index >= 15 is 0 Å². The molecule has 4 unspecified atom stereocenters. The third kappa shape index (κ3) is 11.1. The zero-order chi connectivity index (χ0) is 22.6. The zero-order valence-corrected chi connectivity index (χ0v) is 21.1. The van der Waals surface area contributed by atoms with Gasteiger partial charge in [-0.15, -0.1) is 0 Å². The maximum atomic E-state index is 9.98. The summed E-state index contributed by atoms with van der Waals surface area (Å²) in [6.45, 7) is 13.5. The molecule has 1 rings (SSSR count). The van der Waals surface area contributed by atoms with Gasteiger partial charge in [-0.25, -0.2) is 0 Å². The normalized spacial score (nSPS) is 26.9. The fourth-order valence-electron chi connectivity index (χ4n) is 5.32. The first-order valence-electron chi connectivity index (χ1n) is 12.9. The molecule has 2 N–H and O–H groups in total. The standard InChI is InChI=1S/C28H52O2/c1-7-11-24(4)27-18-16-23(3)25(12-8-9-20-28(5,6)30)13-10-14-26(27)17-15-22(2)19-21-29/h15,17,23-25,27,29-30H,7-14,16,18-21H2,1-6H3/b22-15+,26-17-. The highest BCUT2D eigenvalue weighted by molar-refractivity contribution is 5.20. The summed E-state index contributed by atoms with van der Waals surface area (Å²) in [6, 6.07) is 0. The molecule has 1 aliphatic rings. The number of hydrogen-bond acceptors (Lipinski definition) is 2. The highest BCUT2D eigenvalue weighted by Crippen LogP contribution is 2.39. The van der Waals surface area contributed by atoms with Crippen molar-refractivity contribution in [1.29, 1.82) is 0 Å². The average molecular weight is 421 g/mol. The van der Waals surface area contributed by atoms with Gasteiger partial charge in [-0.1, -0.05) is 76.2 Å². The van der Waals surface area contributed by atoms with Gasteiger partial charge in [0.25, 0.3) is 0 Å². The average Bonchev–Trinajstić information content (AvgIpc) is 2.73. The topological polar surface area (TPSA) is 40.5 Å². The quantitative estimate of drug-likeness (QED) is 0.334. The Morgan fingerprint density at radius 3 is 2.57 bits per heavy atom. The molecule has 2 heteroatoms. The predicted molar refractivity (Wildman–Crippen MR) is 132 cm³/mol. The largest absolute Gasteiger partial charge is 0.396 e. The van der Waals surface area contributed by atoms with Gasteiger partial charge in [0, 0.05) is 6.61 Å². The molecule has 0 aromatic rings. The van der Waals surface area contributed by atoms with Crippen LogP contribution in [0.25, 0.3) is 0 Å². The third-order valence-electron chi connectivity index (χ3n) is 7.39. The molecular formula is C28H52O2. The smallest absolute Gasteiger partial charge is 0.0591 e. The minimum atomic E-state index is -0.520. The minimum Gasteiger partial charge on any atom is -0.396 e. The van der Waals surface area contributed by atoms with Gasteiger partial charge in [0.05, 0.1) is 5.60 Å². The first kappa shape index (κ1) is 27.4. The Labute approximate surface area is 188 Å². The summed E-state index contributed by atoms with van der Waals surface area (Å²) in [5.74, 6) is 3.09. The van der Waals surface area contributed by atoms with Crippen molar-refractivity contribution in [2.24, 2.45) is 23.7 Å². The lowest BCUT2D eigenvalue weighted by molar-refractivity contribution is 0.0673. The van der Waals surface area contributed by atoms with E-state index in [-0.39, 0.29) is 6.61 Å². The molecular weight excluding hydrogens is 368 g/mol. The second-order valence-corrected chi connectivity index (χ2v) is 10.9. The summed E-state index contributed by atoms with van der Waals surface area (Å²) in [5.41, 5.74) is 2.42. The Morgan fingerprint density at radius 2 is 1.93 bits per heavy atom. The van der Waals surface area contributed by atoms with Gasteiger partial charge in [-0.05, 0) is 89.4 Å². The van der Waals surface area contributed by atoms with Crippen LogP contribution in [0.3, 0.4) is 0 Å². The molecule has 0 aliphatic heterocycles. The second-order valence-electron chi connectivity index (χ2n) is 10.9. The molecule has 0 spiro atoms. The Kier molecular flexibility index (Phi) is 13.2. The van der Waals surface area contributed by atoms with Crippen molar-refractivity contribution in [2.45, 2.75) is 124 Å². The summed E-state index contributed by atoms with van der Waals surface area (Å²) < 4.78 is 0. The van der Waals surface area contributed by atoms with Gasteiger partial charge in [0.1, 0.15) is 0 Å². The Balaban J connectivity index is 2.84. The lowest BCUT2D eigenvalue weighted by Crippen LogP contribution is -2.18. The number of aliphatic hydroxyl groups is 2. The highest BCUT2D eigenvalue weighted by atomic mass is 16.3. The SMILES string of the molecule is CCCC(C)C1CCC(C)C(CCCCC(C)(C)O)CCC/C1=C/C=C(\C)CCO. The predicted octanol–water partition coefficient (Wildman–Crippen LogP) is 7.84. The number of unbranched alkanes of at least 4 members (excludes halogenated alkanes) is 1. The van der Waals surface area contributed by atoms with Crippen LogP contribution >= 0.6 is 0 Å². The van der Waals surface area contributed by atoms with Gasteiger partial charge in [-0.2, -0.15) is 0 Å². The van der Waals surface area contributed by atoms with Gasteiger partial charge < -0.3 is 10.2 Å². The van der Waals surface area contributed by atoms with E-state index in [0.717, 1.165) is 37.0 Å². The molecule has 30 heavy (non-hydrogen) atoms. The maximum Gasteiger partial charge on any atom is 0.0591 e. The molecule has 4 atom stereocenters. The van der Waals surface area contributed by atoms with Crippen LogP contribution in [0, 0.1) is 23.7 Å². The molecule has 0 amide bonds. The molecule has 1 saturated carbocycles. The van der Waals surface area contributed by atoms with Crippen molar-refractivity contribution < 1.29 is 10.2 Å². The van der Waals surface area contributed by atoms with Crippen LogP contribution in [-0.2, 0) is 0 Å². The molecule has 0 bridgehead atoms. The minimum absolute atomic E-state index is 0.244. The second kappa shape index (κ2) is 14.5. The van der Waals surface area contributed by atoms with E-state index < -0.39 is 5.60 Å². The lowest BCUT2D eigenvalue weighted by Gasteiger charge is -2.28. The van der Waals surface area contributed by atoms with E-state index in [1.807, 2.05) is 13.8 Å². The molecule has 2 nitrogen and oxygen atoms in total. The fourth-order valence-corrected chi connectivity index (χ4v) is 5.32. The van der Waals surface area contributed by atoms with Crippen molar-refractivity contribution in [2.75, 3.05) is 6.61 Å². The molecule has 1 fully saturated rings. The first-order valence-corrected chi connectivity index (χ1v) is 12.9. The molecule has 0 radical (unpaired) electrons. The number of allylic oxidation sites excluding steroid dienone is 3. The van der Waals surface area contributed by atoms with Crippen LogP contribution in [0.4, 0.5) is 0 Å². The number of rotatable bonds is 11. The summed E-state index contributed by atoms with van der Waals surface area (Å²) in [7, 11) is 0. The molecule has 0 aromatic carbocycles. The molecule has 0 aromatic heterocycles. The van der Waals surface area contributed by atoms with Crippen molar-refractivity contribution >= 4 is 0 Å². The van der Waals surface area contributed by atoms with Gasteiger partial charge in [0.2, 0.25) is 0 Å². The Hall–Kier alpha value is -0.600. The molecule has 0 heterocycles. The highest BCUT2D eigenvalue weighted by Gasteiger charge is 2.26. The van der Waals surface area contributed by atoms with Gasteiger partial charge >= 0.3 is 0 Å². The van der Waals surface area contributed by atoms with Crippen LogP contribution in [-0.4, -0.2) is 22.4 Å².